The second kappa shape index (κ2) is 7.93. The summed E-state index contributed by atoms with van der Waals surface area (Å²) >= 11 is 6.22. The van der Waals surface area contributed by atoms with E-state index in [4.69, 9.17) is 11.6 Å². The Morgan fingerprint density at radius 2 is 1.93 bits per heavy atom. The predicted molar refractivity (Wildman–Crippen MR) is 114 cm³/mol. The van der Waals surface area contributed by atoms with Crippen LogP contribution in [-0.2, 0) is 6.54 Å². The molecule has 0 aliphatic heterocycles. The van der Waals surface area contributed by atoms with Crippen molar-refractivity contribution in [3.63, 3.8) is 0 Å². The van der Waals surface area contributed by atoms with E-state index in [1.165, 1.54) is 0 Å². The van der Waals surface area contributed by atoms with Crippen molar-refractivity contribution in [2.75, 3.05) is 5.32 Å². The Balaban J connectivity index is 1.54. The van der Waals surface area contributed by atoms with Gasteiger partial charge in [0.25, 0.3) is 5.91 Å². The Kier molecular flexibility index (Phi) is 5.18. The molecular weight excluding hydrogens is 386 g/mol. The van der Waals surface area contributed by atoms with E-state index in [-0.39, 0.29) is 5.91 Å². The van der Waals surface area contributed by atoms with Crippen LogP contribution in [0.4, 0.5) is 5.69 Å². The number of rotatable bonds is 5. The van der Waals surface area contributed by atoms with Gasteiger partial charge in [-0.3, -0.25) is 9.78 Å². The highest BCUT2D eigenvalue weighted by Crippen LogP contribution is 2.22. The van der Waals surface area contributed by atoms with Crippen molar-refractivity contribution in [3.05, 3.63) is 94.8 Å². The molecule has 0 bridgehead atoms. The Bertz CT molecular complexity index is 1160. The van der Waals surface area contributed by atoms with Crippen LogP contribution in [0, 0.1) is 13.8 Å². The molecule has 0 saturated heterocycles. The molecule has 3 heterocycles. The molecule has 0 atom stereocenters. The van der Waals surface area contributed by atoms with Crippen LogP contribution >= 0.6 is 11.6 Å². The second-order valence-electron chi connectivity index (χ2n) is 6.77. The number of aryl methyl sites for hydroxylation is 1. The molecule has 1 amide bonds. The van der Waals surface area contributed by atoms with E-state index in [0.29, 0.717) is 22.8 Å². The summed E-state index contributed by atoms with van der Waals surface area (Å²) in [5, 5.41) is 7.81. The number of aromatic nitrogens is 4. The number of carbonyl (C=O) groups excluding carboxylic acids is 1. The summed E-state index contributed by atoms with van der Waals surface area (Å²) in [4.78, 5) is 17.2. The minimum absolute atomic E-state index is 0.177. The fourth-order valence-electron chi connectivity index (χ4n) is 3.28. The Labute approximate surface area is 173 Å². The van der Waals surface area contributed by atoms with Crippen LogP contribution < -0.4 is 5.32 Å². The van der Waals surface area contributed by atoms with E-state index in [9.17, 15) is 4.79 Å². The molecule has 29 heavy (non-hydrogen) atoms. The van der Waals surface area contributed by atoms with Crippen LogP contribution in [0.2, 0.25) is 5.02 Å². The maximum atomic E-state index is 12.9. The Hall–Kier alpha value is -3.38. The predicted octanol–water partition coefficient (Wildman–Crippen LogP) is 4.64. The van der Waals surface area contributed by atoms with E-state index in [0.717, 1.165) is 22.8 Å². The minimum Gasteiger partial charge on any atom is -0.342 e. The van der Waals surface area contributed by atoms with Gasteiger partial charge in [0.1, 0.15) is 0 Å². The van der Waals surface area contributed by atoms with Crippen molar-refractivity contribution in [1.29, 1.82) is 0 Å². The number of para-hydroxylation sites is 1. The van der Waals surface area contributed by atoms with Crippen molar-refractivity contribution >= 4 is 23.2 Å². The highest BCUT2D eigenvalue weighted by Gasteiger charge is 2.17. The van der Waals surface area contributed by atoms with Crippen molar-refractivity contribution in [2.45, 2.75) is 20.4 Å². The lowest BCUT2D eigenvalue weighted by Gasteiger charge is -2.09. The lowest BCUT2D eigenvalue weighted by atomic mass is 10.2. The molecule has 0 unspecified atom stereocenters. The lowest BCUT2D eigenvalue weighted by Crippen LogP contribution is -2.13. The summed E-state index contributed by atoms with van der Waals surface area (Å²) in [5.41, 5.74) is 4.83. The molecule has 146 valence electrons. The first kappa shape index (κ1) is 19.0. The van der Waals surface area contributed by atoms with Crippen LogP contribution in [-0.4, -0.2) is 25.2 Å². The minimum atomic E-state index is -0.177. The number of pyridine rings is 1. The topological polar surface area (TPSA) is 64.7 Å². The molecule has 3 aromatic heterocycles. The smallest absolute Gasteiger partial charge is 0.257 e. The summed E-state index contributed by atoms with van der Waals surface area (Å²) in [7, 11) is 0. The average molecular weight is 406 g/mol. The molecule has 0 saturated carbocycles. The number of anilines is 1. The highest BCUT2D eigenvalue weighted by atomic mass is 35.5. The van der Waals surface area contributed by atoms with E-state index in [1.54, 1.807) is 29.3 Å². The molecular formula is C22H20ClN5O. The fraction of sp³-hybridized carbons (Fsp3) is 0.136. The van der Waals surface area contributed by atoms with Gasteiger partial charge in [0, 0.05) is 17.6 Å². The van der Waals surface area contributed by atoms with Crippen molar-refractivity contribution < 1.29 is 4.79 Å². The molecule has 1 aromatic carbocycles. The zero-order valence-corrected chi connectivity index (χ0v) is 16.9. The van der Waals surface area contributed by atoms with Crippen molar-refractivity contribution in [3.8, 4) is 5.69 Å². The molecule has 0 radical (unpaired) electrons. The third-order valence-electron chi connectivity index (χ3n) is 4.80. The van der Waals surface area contributed by atoms with Gasteiger partial charge in [0.05, 0.1) is 46.6 Å². The lowest BCUT2D eigenvalue weighted by molar-refractivity contribution is 0.102. The number of nitrogens with one attached hydrogen (secondary N) is 1. The zero-order chi connectivity index (χ0) is 20.4. The summed E-state index contributed by atoms with van der Waals surface area (Å²) < 4.78 is 3.73. The quantitative estimate of drug-likeness (QED) is 0.526. The van der Waals surface area contributed by atoms with Gasteiger partial charge >= 0.3 is 0 Å². The standard InChI is InChI=1S/C22H20ClN5O/c1-15-11-19(16(2)27(15)13-17-7-5-6-10-24-17)22(29)26-18-12-25-28(14-18)21-9-4-3-8-20(21)23/h3-12,14H,13H2,1-2H3,(H,26,29). The fourth-order valence-corrected chi connectivity index (χ4v) is 3.51. The van der Waals surface area contributed by atoms with E-state index in [1.807, 2.05) is 56.3 Å². The van der Waals surface area contributed by atoms with Crippen molar-refractivity contribution in [1.82, 2.24) is 19.3 Å². The van der Waals surface area contributed by atoms with Gasteiger partial charge in [-0.25, -0.2) is 4.68 Å². The first-order chi connectivity index (χ1) is 14.0. The highest BCUT2D eigenvalue weighted by molar-refractivity contribution is 6.32. The number of hydrogen-bond donors (Lipinski definition) is 1. The van der Waals surface area contributed by atoms with Crippen LogP contribution in [0.15, 0.2) is 67.1 Å². The van der Waals surface area contributed by atoms with Gasteiger partial charge in [-0.1, -0.05) is 29.8 Å². The average Bonchev–Trinajstić information content (AvgIpc) is 3.29. The largest absolute Gasteiger partial charge is 0.342 e. The second-order valence-corrected chi connectivity index (χ2v) is 7.18. The van der Waals surface area contributed by atoms with Gasteiger partial charge in [0.2, 0.25) is 0 Å². The van der Waals surface area contributed by atoms with Gasteiger partial charge in [-0.05, 0) is 44.2 Å². The maximum Gasteiger partial charge on any atom is 0.257 e. The maximum absolute atomic E-state index is 12.9. The van der Waals surface area contributed by atoms with Crippen LogP contribution in [0.3, 0.4) is 0 Å². The number of hydrogen-bond acceptors (Lipinski definition) is 3. The number of halogens is 1. The summed E-state index contributed by atoms with van der Waals surface area (Å²) in [6, 6.07) is 15.1. The summed E-state index contributed by atoms with van der Waals surface area (Å²) in [6.45, 7) is 4.55. The molecule has 6 nitrogen and oxygen atoms in total. The Morgan fingerprint density at radius 3 is 2.69 bits per heavy atom. The third kappa shape index (κ3) is 3.93. The molecule has 0 aliphatic rings. The van der Waals surface area contributed by atoms with Crippen LogP contribution in [0.5, 0.6) is 0 Å². The normalized spacial score (nSPS) is 10.9. The van der Waals surface area contributed by atoms with Gasteiger partial charge in [-0.15, -0.1) is 0 Å². The number of benzene rings is 1. The number of nitrogens with zero attached hydrogens (tertiary/aromatic N) is 4. The first-order valence-corrected chi connectivity index (χ1v) is 9.58. The molecule has 7 heteroatoms. The van der Waals surface area contributed by atoms with Gasteiger partial charge < -0.3 is 9.88 Å². The summed E-state index contributed by atoms with van der Waals surface area (Å²) in [6.07, 6.45) is 5.12. The molecule has 1 N–H and O–H groups in total. The molecule has 0 aliphatic carbocycles. The monoisotopic (exact) mass is 405 g/mol. The molecule has 0 spiro atoms. The van der Waals surface area contributed by atoms with E-state index in [2.05, 4.69) is 20.0 Å². The third-order valence-corrected chi connectivity index (χ3v) is 5.12. The molecule has 0 fully saturated rings. The van der Waals surface area contributed by atoms with Gasteiger partial charge in [-0.2, -0.15) is 5.10 Å². The molecule has 4 aromatic rings. The van der Waals surface area contributed by atoms with E-state index >= 15 is 0 Å². The van der Waals surface area contributed by atoms with Crippen LogP contribution in [0.25, 0.3) is 5.69 Å². The van der Waals surface area contributed by atoms with Crippen LogP contribution in [0.1, 0.15) is 27.4 Å². The number of carbonyl (C=O) groups is 1. The van der Waals surface area contributed by atoms with E-state index < -0.39 is 0 Å². The molecule has 4 rings (SSSR count). The van der Waals surface area contributed by atoms with Crippen molar-refractivity contribution in [2.24, 2.45) is 0 Å². The number of amides is 1. The summed E-state index contributed by atoms with van der Waals surface area (Å²) in [5.74, 6) is -0.177. The Morgan fingerprint density at radius 1 is 1.14 bits per heavy atom. The zero-order valence-electron chi connectivity index (χ0n) is 16.1. The van der Waals surface area contributed by atoms with Gasteiger partial charge in [0.15, 0.2) is 0 Å². The SMILES string of the molecule is Cc1cc(C(=O)Nc2cnn(-c3ccccc3Cl)c2)c(C)n1Cc1ccccn1. The first-order valence-electron chi connectivity index (χ1n) is 9.20.